The summed E-state index contributed by atoms with van der Waals surface area (Å²) in [4.78, 5) is 12.7. The Kier molecular flexibility index (Phi) is 4.02. The fourth-order valence-electron chi connectivity index (χ4n) is 1.49. The molecule has 0 spiro atoms. The number of carbonyl (C=O) groups is 1. The highest BCUT2D eigenvalue weighted by molar-refractivity contribution is 9.10. The first-order valence-electron chi connectivity index (χ1n) is 5.09. The highest BCUT2D eigenvalue weighted by atomic mass is 79.9. The Bertz CT molecular complexity index is 545. The summed E-state index contributed by atoms with van der Waals surface area (Å²) in [6.07, 6.45) is 0.396. The molecule has 0 atom stereocenters. The van der Waals surface area contributed by atoms with Crippen molar-refractivity contribution in [2.75, 3.05) is 0 Å². The van der Waals surface area contributed by atoms with Gasteiger partial charge in [-0.1, -0.05) is 39.7 Å². The van der Waals surface area contributed by atoms with E-state index in [2.05, 4.69) is 15.9 Å². The van der Waals surface area contributed by atoms with E-state index in [-0.39, 0.29) is 5.78 Å². The molecule has 1 nitrogen and oxygen atoms in total. The topological polar surface area (TPSA) is 17.1 Å². The van der Waals surface area contributed by atoms with E-state index in [1.807, 2.05) is 36.6 Å². The van der Waals surface area contributed by atoms with Crippen LogP contribution in [0.4, 0.5) is 0 Å². The molecule has 4 heteroatoms. The number of benzene rings is 1. The highest BCUT2D eigenvalue weighted by Gasteiger charge is 2.14. The number of Topliss-reactive ketones (excluding diaryl/α,β-unsaturated/α-hetero) is 1. The Morgan fingerprint density at radius 1 is 1.35 bits per heavy atom. The SMILES string of the molecule is Cc1csc(C(=O)Cc2ccc(Br)cc2)c1Cl. The van der Waals surface area contributed by atoms with Gasteiger partial charge < -0.3 is 0 Å². The van der Waals surface area contributed by atoms with Crippen LogP contribution in [0.1, 0.15) is 20.8 Å². The lowest BCUT2D eigenvalue weighted by molar-refractivity contribution is 0.0997. The second kappa shape index (κ2) is 5.34. The Morgan fingerprint density at radius 3 is 2.53 bits per heavy atom. The molecule has 0 radical (unpaired) electrons. The molecule has 0 aliphatic heterocycles. The number of rotatable bonds is 3. The summed E-state index contributed by atoms with van der Waals surface area (Å²) < 4.78 is 1.01. The molecule has 0 unspecified atom stereocenters. The molecule has 2 aromatic rings. The van der Waals surface area contributed by atoms with Gasteiger partial charge in [0, 0.05) is 10.9 Å². The lowest BCUT2D eigenvalue weighted by Gasteiger charge is -2.00. The van der Waals surface area contributed by atoms with Crippen LogP contribution in [0.2, 0.25) is 5.02 Å². The third-order valence-electron chi connectivity index (χ3n) is 2.43. The van der Waals surface area contributed by atoms with Crippen LogP contribution >= 0.6 is 38.9 Å². The lowest BCUT2D eigenvalue weighted by Crippen LogP contribution is -2.01. The van der Waals surface area contributed by atoms with E-state index in [0.29, 0.717) is 16.3 Å². The first-order chi connectivity index (χ1) is 8.08. The quantitative estimate of drug-likeness (QED) is 0.732. The highest BCUT2D eigenvalue weighted by Crippen LogP contribution is 2.28. The first kappa shape index (κ1) is 12.8. The second-order valence-electron chi connectivity index (χ2n) is 3.79. The maximum atomic E-state index is 12.0. The zero-order valence-electron chi connectivity index (χ0n) is 9.17. The van der Waals surface area contributed by atoms with Gasteiger partial charge >= 0.3 is 0 Å². The minimum absolute atomic E-state index is 0.0791. The van der Waals surface area contributed by atoms with Crippen LogP contribution in [0.15, 0.2) is 34.1 Å². The molecule has 0 aliphatic carbocycles. The average Bonchev–Trinajstić information content (AvgIpc) is 2.63. The van der Waals surface area contributed by atoms with Gasteiger partial charge in [-0.25, -0.2) is 0 Å². The van der Waals surface area contributed by atoms with Gasteiger partial charge in [-0.2, -0.15) is 0 Å². The predicted molar refractivity (Wildman–Crippen MR) is 76.2 cm³/mol. The maximum Gasteiger partial charge on any atom is 0.178 e. The van der Waals surface area contributed by atoms with Crippen LogP contribution in [-0.2, 0) is 6.42 Å². The standard InChI is InChI=1S/C13H10BrClOS/c1-8-7-17-13(12(8)15)11(16)6-9-2-4-10(14)5-3-9/h2-5,7H,6H2,1H3. The van der Waals surface area contributed by atoms with Crippen LogP contribution in [0.5, 0.6) is 0 Å². The van der Waals surface area contributed by atoms with Crippen molar-refractivity contribution >= 4 is 44.7 Å². The molecule has 1 heterocycles. The van der Waals surface area contributed by atoms with Gasteiger partial charge in [-0.05, 0) is 35.6 Å². The molecule has 0 amide bonds. The Labute approximate surface area is 118 Å². The first-order valence-corrected chi connectivity index (χ1v) is 7.14. The normalized spacial score (nSPS) is 10.5. The van der Waals surface area contributed by atoms with Gasteiger partial charge in [0.15, 0.2) is 5.78 Å². The van der Waals surface area contributed by atoms with E-state index in [9.17, 15) is 4.79 Å². The van der Waals surface area contributed by atoms with E-state index < -0.39 is 0 Å². The fourth-order valence-corrected chi connectivity index (χ4v) is 2.99. The summed E-state index contributed by atoms with van der Waals surface area (Å²) in [6, 6.07) is 7.75. The van der Waals surface area contributed by atoms with Crippen molar-refractivity contribution in [2.24, 2.45) is 0 Å². The lowest BCUT2D eigenvalue weighted by atomic mass is 10.1. The van der Waals surface area contributed by atoms with Crippen molar-refractivity contribution in [3.63, 3.8) is 0 Å². The summed E-state index contributed by atoms with van der Waals surface area (Å²) >= 11 is 10.9. The van der Waals surface area contributed by atoms with Gasteiger partial charge in [0.25, 0.3) is 0 Å². The molecule has 1 aromatic carbocycles. The number of aryl methyl sites for hydroxylation is 1. The maximum absolute atomic E-state index is 12.0. The minimum Gasteiger partial charge on any atom is -0.293 e. The van der Waals surface area contributed by atoms with Crippen molar-refractivity contribution in [1.29, 1.82) is 0 Å². The number of carbonyl (C=O) groups excluding carboxylic acids is 1. The molecule has 0 saturated carbocycles. The summed E-state index contributed by atoms with van der Waals surface area (Å²) in [6.45, 7) is 1.91. The molecule has 0 N–H and O–H groups in total. The van der Waals surface area contributed by atoms with Crippen molar-refractivity contribution in [1.82, 2.24) is 0 Å². The van der Waals surface area contributed by atoms with E-state index >= 15 is 0 Å². The van der Waals surface area contributed by atoms with Crippen molar-refractivity contribution in [2.45, 2.75) is 13.3 Å². The number of hydrogen-bond donors (Lipinski definition) is 0. The monoisotopic (exact) mass is 328 g/mol. The Morgan fingerprint density at radius 2 is 2.00 bits per heavy atom. The zero-order chi connectivity index (χ0) is 12.4. The van der Waals surface area contributed by atoms with Crippen LogP contribution < -0.4 is 0 Å². The van der Waals surface area contributed by atoms with Crippen LogP contribution in [0.25, 0.3) is 0 Å². The van der Waals surface area contributed by atoms with Crippen LogP contribution in [-0.4, -0.2) is 5.78 Å². The number of halogens is 2. The molecule has 0 saturated heterocycles. The Hall–Kier alpha value is -0.640. The third kappa shape index (κ3) is 2.97. The van der Waals surface area contributed by atoms with E-state index in [1.165, 1.54) is 11.3 Å². The third-order valence-corrected chi connectivity index (χ3v) is 4.70. The second-order valence-corrected chi connectivity index (χ2v) is 5.96. The van der Waals surface area contributed by atoms with E-state index in [1.54, 1.807) is 0 Å². The molecular formula is C13H10BrClOS. The smallest absolute Gasteiger partial charge is 0.178 e. The summed E-state index contributed by atoms with van der Waals surface area (Å²) in [5, 5.41) is 2.51. The van der Waals surface area contributed by atoms with E-state index in [4.69, 9.17) is 11.6 Å². The molecule has 88 valence electrons. The van der Waals surface area contributed by atoms with Crippen molar-refractivity contribution in [3.05, 3.63) is 55.1 Å². The minimum atomic E-state index is 0.0791. The molecule has 0 fully saturated rings. The molecule has 0 aliphatic rings. The molecule has 17 heavy (non-hydrogen) atoms. The summed E-state index contributed by atoms with van der Waals surface area (Å²) in [5.41, 5.74) is 1.97. The molecule has 2 rings (SSSR count). The molecule has 0 bridgehead atoms. The zero-order valence-corrected chi connectivity index (χ0v) is 12.3. The number of ketones is 1. The number of thiophene rings is 1. The molecular weight excluding hydrogens is 320 g/mol. The van der Waals surface area contributed by atoms with Gasteiger partial charge in [0.2, 0.25) is 0 Å². The molecule has 1 aromatic heterocycles. The van der Waals surface area contributed by atoms with Gasteiger partial charge in [-0.3, -0.25) is 4.79 Å². The summed E-state index contributed by atoms with van der Waals surface area (Å²) in [7, 11) is 0. The Balaban J connectivity index is 2.17. The van der Waals surface area contributed by atoms with Crippen molar-refractivity contribution < 1.29 is 4.79 Å². The number of hydrogen-bond acceptors (Lipinski definition) is 2. The van der Waals surface area contributed by atoms with Crippen molar-refractivity contribution in [3.8, 4) is 0 Å². The van der Waals surface area contributed by atoms with Gasteiger partial charge in [-0.15, -0.1) is 11.3 Å². The van der Waals surface area contributed by atoms with E-state index in [0.717, 1.165) is 15.6 Å². The van der Waals surface area contributed by atoms with Gasteiger partial charge in [0.05, 0.1) is 9.90 Å². The fraction of sp³-hybridized carbons (Fsp3) is 0.154. The van der Waals surface area contributed by atoms with Crippen LogP contribution in [0.3, 0.4) is 0 Å². The summed E-state index contributed by atoms with van der Waals surface area (Å²) in [5.74, 6) is 0.0791. The average molecular weight is 330 g/mol. The van der Waals surface area contributed by atoms with Gasteiger partial charge in [0.1, 0.15) is 0 Å². The van der Waals surface area contributed by atoms with Crippen LogP contribution in [0, 0.1) is 6.92 Å². The predicted octanol–water partition coefficient (Wildman–Crippen LogP) is 4.90. The largest absolute Gasteiger partial charge is 0.293 e.